The molecule has 0 aliphatic carbocycles. The zero-order valence-corrected chi connectivity index (χ0v) is 16.4. The summed E-state index contributed by atoms with van der Waals surface area (Å²) in [6.45, 7) is 6.71. The van der Waals surface area contributed by atoms with Gasteiger partial charge in [0.05, 0.1) is 18.9 Å². The van der Waals surface area contributed by atoms with Gasteiger partial charge in [-0.2, -0.15) is 0 Å². The first kappa shape index (κ1) is 17.7. The van der Waals surface area contributed by atoms with Gasteiger partial charge in [-0.25, -0.2) is 9.97 Å². The van der Waals surface area contributed by atoms with E-state index in [4.69, 9.17) is 18.9 Å². The topological polar surface area (TPSA) is 70.3 Å². The molecule has 4 rings (SSSR count). The van der Waals surface area contributed by atoms with Gasteiger partial charge < -0.3 is 13.9 Å². The molecule has 0 atom stereocenters. The first-order valence-corrected chi connectivity index (χ1v) is 9.86. The molecule has 27 heavy (non-hydrogen) atoms. The van der Waals surface area contributed by atoms with Crippen LogP contribution in [-0.4, -0.2) is 27.7 Å². The van der Waals surface area contributed by atoms with Crippen LogP contribution in [0.2, 0.25) is 0 Å². The fraction of sp³-hybridized carbons (Fsp3) is 0.350. The van der Waals surface area contributed by atoms with Crippen molar-refractivity contribution in [2.45, 2.75) is 39.7 Å². The Kier molecular flexibility index (Phi) is 4.94. The van der Waals surface area contributed by atoms with E-state index in [1.807, 2.05) is 26.0 Å². The van der Waals surface area contributed by atoms with Gasteiger partial charge in [-0.05, 0) is 26.0 Å². The average Bonchev–Trinajstić information content (AvgIpc) is 3.33. The Morgan fingerprint density at radius 2 is 2.22 bits per heavy atom. The lowest BCUT2D eigenvalue weighted by molar-refractivity contribution is 0.141. The zero-order chi connectivity index (χ0) is 18.8. The normalized spacial score (nSPS) is 15.4. The van der Waals surface area contributed by atoms with Gasteiger partial charge in [-0.3, -0.25) is 4.98 Å². The van der Waals surface area contributed by atoms with Crippen LogP contribution in [-0.2, 0) is 4.74 Å². The number of hydrogen-bond acceptors (Lipinski definition) is 7. The third kappa shape index (κ3) is 3.60. The molecule has 1 aliphatic heterocycles. The Morgan fingerprint density at radius 1 is 1.33 bits per heavy atom. The summed E-state index contributed by atoms with van der Waals surface area (Å²) >= 11 is 1.52. The van der Waals surface area contributed by atoms with E-state index in [-0.39, 0.29) is 6.10 Å². The Bertz CT molecular complexity index is 960. The van der Waals surface area contributed by atoms with Gasteiger partial charge in [0.15, 0.2) is 5.69 Å². The molecule has 0 bridgehead atoms. The number of aromatic nitrogens is 3. The predicted octanol–water partition coefficient (Wildman–Crippen LogP) is 5.19. The minimum Gasteiger partial charge on any atom is -0.495 e. The fourth-order valence-electron chi connectivity index (χ4n) is 2.98. The van der Waals surface area contributed by atoms with E-state index in [1.165, 1.54) is 11.3 Å². The molecule has 3 aromatic heterocycles. The maximum Gasteiger partial charge on any atom is 0.313 e. The van der Waals surface area contributed by atoms with Gasteiger partial charge in [0.1, 0.15) is 15.6 Å². The van der Waals surface area contributed by atoms with Crippen molar-refractivity contribution in [3.05, 3.63) is 42.2 Å². The van der Waals surface area contributed by atoms with Gasteiger partial charge in [-0.1, -0.05) is 6.92 Å². The standard InChI is InChI=1S/C20H21N3O3S/c1-4-15(25-12(2)3)14-7-9-24-20-17(14)23-18(26-20)16-11-22-19(27-16)13-6-5-8-21-10-13/h5-6,8,10-12H,4,7,9H2,1-3H3. The van der Waals surface area contributed by atoms with Gasteiger partial charge in [0.2, 0.25) is 5.89 Å². The maximum absolute atomic E-state index is 6.00. The van der Waals surface area contributed by atoms with E-state index in [2.05, 4.69) is 16.9 Å². The Balaban J connectivity index is 1.70. The van der Waals surface area contributed by atoms with Crippen molar-refractivity contribution in [3.8, 4) is 27.3 Å². The predicted molar refractivity (Wildman–Crippen MR) is 104 cm³/mol. The van der Waals surface area contributed by atoms with Crippen LogP contribution < -0.4 is 4.74 Å². The van der Waals surface area contributed by atoms with E-state index in [0.717, 1.165) is 45.3 Å². The van der Waals surface area contributed by atoms with E-state index >= 15 is 0 Å². The molecule has 0 saturated carbocycles. The molecule has 0 aromatic carbocycles. The molecule has 1 aliphatic rings. The molecule has 7 heteroatoms. The average molecular weight is 383 g/mol. The molecule has 140 valence electrons. The molecular formula is C20H21N3O3S. The van der Waals surface area contributed by atoms with Crippen LogP contribution in [0, 0.1) is 0 Å². The minimum atomic E-state index is 0.119. The zero-order valence-electron chi connectivity index (χ0n) is 15.6. The number of oxazole rings is 1. The number of pyridine rings is 1. The highest BCUT2D eigenvalue weighted by molar-refractivity contribution is 7.18. The van der Waals surface area contributed by atoms with Crippen LogP contribution in [0.25, 0.3) is 26.9 Å². The lowest BCUT2D eigenvalue weighted by Crippen LogP contribution is -2.11. The third-order valence-corrected chi connectivity index (χ3v) is 5.16. The number of hydrogen-bond donors (Lipinski definition) is 0. The fourth-order valence-corrected chi connectivity index (χ4v) is 3.82. The largest absolute Gasteiger partial charge is 0.495 e. The quantitative estimate of drug-likeness (QED) is 0.565. The van der Waals surface area contributed by atoms with Crippen LogP contribution in [0.4, 0.5) is 0 Å². The molecule has 0 radical (unpaired) electrons. The van der Waals surface area contributed by atoms with Crippen molar-refractivity contribution in [1.29, 1.82) is 0 Å². The Morgan fingerprint density at radius 3 is 2.96 bits per heavy atom. The summed E-state index contributed by atoms with van der Waals surface area (Å²) in [6, 6.07) is 3.88. The first-order chi connectivity index (χ1) is 13.2. The molecule has 4 heterocycles. The van der Waals surface area contributed by atoms with E-state index in [0.29, 0.717) is 18.4 Å². The number of nitrogens with zero attached hydrogens (tertiary/aromatic N) is 3. The van der Waals surface area contributed by atoms with Gasteiger partial charge in [0.25, 0.3) is 0 Å². The molecular weight excluding hydrogens is 362 g/mol. The molecule has 0 N–H and O–H groups in total. The summed E-state index contributed by atoms with van der Waals surface area (Å²) in [6.07, 6.45) is 7.01. The van der Waals surface area contributed by atoms with Crippen LogP contribution in [0.3, 0.4) is 0 Å². The van der Waals surface area contributed by atoms with Crippen LogP contribution in [0.5, 0.6) is 5.95 Å². The molecule has 0 unspecified atom stereocenters. The van der Waals surface area contributed by atoms with Crippen molar-refractivity contribution in [1.82, 2.24) is 15.0 Å². The lowest BCUT2D eigenvalue weighted by Gasteiger charge is -2.20. The second-order valence-electron chi connectivity index (χ2n) is 6.45. The van der Waals surface area contributed by atoms with Crippen molar-refractivity contribution < 1.29 is 13.9 Å². The number of rotatable bonds is 5. The van der Waals surface area contributed by atoms with E-state index < -0.39 is 0 Å². The second-order valence-corrected chi connectivity index (χ2v) is 7.48. The Hall–Kier alpha value is -2.67. The highest BCUT2D eigenvalue weighted by atomic mass is 32.1. The highest BCUT2D eigenvalue weighted by Crippen LogP contribution is 2.40. The first-order valence-electron chi connectivity index (χ1n) is 9.05. The summed E-state index contributed by atoms with van der Waals surface area (Å²) in [7, 11) is 0. The van der Waals surface area contributed by atoms with Crippen LogP contribution in [0.15, 0.2) is 40.9 Å². The van der Waals surface area contributed by atoms with E-state index in [1.54, 1.807) is 18.6 Å². The second kappa shape index (κ2) is 7.52. The molecule has 6 nitrogen and oxygen atoms in total. The molecule has 0 fully saturated rings. The number of allylic oxidation sites excluding steroid dienone is 1. The summed E-state index contributed by atoms with van der Waals surface area (Å²) in [4.78, 5) is 14.2. The van der Waals surface area contributed by atoms with Gasteiger partial charge in [-0.15, -0.1) is 11.3 Å². The van der Waals surface area contributed by atoms with Crippen molar-refractivity contribution in [3.63, 3.8) is 0 Å². The maximum atomic E-state index is 6.00. The number of fused-ring (bicyclic) bond motifs is 1. The highest BCUT2D eigenvalue weighted by Gasteiger charge is 2.27. The van der Waals surface area contributed by atoms with E-state index in [9.17, 15) is 0 Å². The summed E-state index contributed by atoms with van der Waals surface area (Å²) in [5.41, 5.74) is 2.78. The monoisotopic (exact) mass is 383 g/mol. The van der Waals surface area contributed by atoms with Gasteiger partial charge in [0, 0.05) is 36.4 Å². The van der Waals surface area contributed by atoms with Crippen LogP contribution >= 0.6 is 11.3 Å². The van der Waals surface area contributed by atoms with Crippen molar-refractivity contribution in [2.24, 2.45) is 0 Å². The lowest BCUT2D eigenvalue weighted by atomic mass is 10.1. The smallest absolute Gasteiger partial charge is 0.313 e. The summed E-state index contributed by atoms with van der Waals surface area (Å²) in [5, 5.41) is 0.878. The minimum absolute atomic E-state index is 0.119. The summed E-state index contributed by atoms with van der Waals surface area (Å²) in [5.74, 6) is 1.93. The molecule has 0 spiro atoms. The SMILES string of the molecule is CCC(OC(C)C)=C1CCOc2oc(-c3cnc(-c4cccnc4)s3)nc21. The summed E-state index contributed by atoms with van der Waals surface area (Å²) < 4.78 is 17.6. The Labute approximate surface area is 161 Å². The van der Waals surface area contributed by atoms with Gasteiger partial charge >= 0.3 is 5.95 Å². The molecule has 0 amide bonds. The molecule has 3 aromatic rings. The molecule has 0 saturated heterocycles. The van der Waals surface area contributed by atoms with Crippen molar-refractivity contribution in [2.75, 3.05) is 6.61 Å². The number of ether oxygens (including phenoxy) is 2. The van der Waals surface area contributed by atoms with Crippen molar-refractivity contribution >= 4 is 16.9 Å². The van der Waals surface area contributed by atoms with Crippen LogP contribution in [0.1, 0.15) is 39.3 Å². The third-order valence-electron chi connectivity index (χ3n) is 4.13. The number of thiazole rings is 1.